The van der Waals surface area contributed by atoms with Crippen molar-refractivity contribution >= 4 is 43.1 Å². The molecule has 8 aromatic rings. The van der Waals surface area contributed by atoms with Crippen LogP contribution < -0.4 is 0 Å². The van der Waals surface area contributed by atoms with E-state index in [2.05, 4.69) is 185 Å². The van der Waals surface area contributed by atoms with E-state index in [1.54, 1.807) is 0 Å². The van der Waals surface area contributed by atoms with Gasteiger partial charge in [0.1, 0.15) is 0 Å². The minimum absolute atomic E-state index is 0.491. The van der Waals surface area contributed by atoms with Crippen LogP contribution in [0.3, 0.4) is 0 Å². The largest absolute Gasteiger partial charge is 0.0616 e. The smallest absolute Gasteiger partial charge is 0.0412 e. The van der Waals surface area contributed by atoms with Crippen LogP contribution in [0.25, 0.3) is 65.3 Å². The van der Waals surface area contributed by atoms with Crippen LogP contribution in [0.2, 0.25) is 0 Å². The molecule has 0 aliphatic rings. The normalized spacial score (nSPS) is 11.5. The first-order chi connectivity index (χ1) is 23.5. The lowest BCUT2D eigenvalue weighted by molar-refractivity contribution is 0.867. The highest BCUT2D eigenvalue weighted by atomic mass is 14.2. The Hall–Kier alpha value is -5.64. The average molecular weight is 615 g/mol. The molecule has 8 aromatic carbocycles. The molecule has 0 saturated carbocycles. The minimum atomic E-state index is 0.491. The average Bonchev–Trinajstić information content (AvgIpc) is 3.12. The Bertz CT molecular complexity index is 2350. The van der Waals surface area contributed by atoms with E-state index < -0.39 is 0 Å². The van der Waals surface area contributed by atoms with Crippen LogP contribution in [0.5, 0.6) is 0 Å². The third-order valence-electron chi connectivity index (χ3n) is 9.86. The summed E-state index contributed by atoms with van der Waals surface area (Å²) in [6.45, 7) is 8.98. The van der Waals surface area contributed by atoms with Crippen LogP contribution in [0.1, 0.15) is 61.8 Å². The van der Waals surface area contributed by atoms with Crippen LogP contribution in [0, 0.1) is 11.8 Å². The molecular weight excluding hydrogens is 577 g/mol. The predicted molar refractivity (Wildman–Crippen MR) is 208 cm³/mol. The molecule has 0 aromatic heterocycles. The molecule has 0 nitrogen and oxygen atoms in total. The van der Waals surface area contributed by atoms with Crippen molar-refractivity contribution in [3.8, 4) is 34.1 Å². The summed E-state index contributed by atoms with van der Waals surface area (Å²) in [7, 11) is 0. The standard InChI is InChI=1S/C48H38/c1-31(2)33-19-23-35(24-20-33)43-17-9-13-39-29-37-11-5-7-15-41(37)45(47(39)43)27-28-46-42-16-8-6-12-38(42)30-40-14-10-18-44(48(40)46)36-25-21-34(22-26-36)32(3)4/h5-26,29-32H,1-4H3. The quantitative estimate of drug-likeness (QED) is 0.137. The zero-order chi connectivity index (χ0) is 32.8. The van der Waals surface area contributed by atoms with Gasteiger partial charge in [0.15, 0.2) is 0 Å². The summed E-state index contributed by atoms with van der Waals surface area (Å²) >= 11 is 0. The molecule has 0 spiro atoms. The third-order valence-corrected chi connectivity index (χ3v) is 9.86. The fraction of sp³-hybridized carbons (Fsp3) is 0.125. The Morgan fingerprint density at radius 3 is 1.15 bits per heavy atom. The van der Waals surface area contributed by atoms with Gasteiger partial charge < -0.3 is 0 Å². The molecule has 0 aliphatic carbocycles. The maximum Gasteiger partial charge on any atom is 0.0412 e. The number of fused-ring (bicyclic) bond motifs is 4. The van der Waals surface area contributed by atoms with E-state index in [1.165, 1.54) is 76.5 Å². The molecule has 0 aliphatic heterocycles. The second-order valence-corrected chi connectivity index (χ2v) is 13.6. The molecule has 8 rings (SSSR count). The molecule has 0 heterocycles. The van der Waals surface area contributed by atoms with Crippen molar-refractivity contribution in [2.24, 2.45) is 0 Å². The molecule has 0 atom stereocenters. The van der Waals surface area contributed by atoms with Gasteiger partial charge in [-0.1, -0.05) is 173 Å². The summed E-state index contributed by atoms with van der Waals surface area (Å²) in [5, 5.41) is 9.58. The summed E-state index contributed by atoms with van der Waals surface area (Å²) in [6, 6.07) is 53.4. The second kappa shape index (κ2) is 12.2. The monoisotopic (exact) mass is 614 g/mol. The van der Waals surface area contributed by atoms with Gasteiger partial charge in [-0.15, -0.1) is 0 Å². The highest BCUT2D eigenvalue weighted by Gasteiger charge is 2.15. The van der Waals surface area contributed by atoms with E-state index in [9.17, 15) is 0 Å². The van der Waals surface area contributed by atoms with Gasteiger partial charge in [-0.25, -0.2) is 0 Å². The Morgan fingerprint density at radius 1 is 0.375 bits per heavy atom. The van der Waals surface area contributed by atoms with Crippen molar-refractivity contribution in [2.45, 2.75) is 39.5 Å². The molecule has 0 heteroatoms. The molecule has 0 radical (unpaired) electrons. The van der Waals surface area contributed by atoms with Crippen molar-refractivity contribution < 1.29 is 0 Å². The van der Waals surface area contributed by atoms with Crippen LogP contribution in [0.15, 0.2) is 146 Å². The summed E-state index contributed by atoms with van der Waals surface area (Å²) in [5.41, 5.74) is 9.71. The van der Waals surface area contributed by atoms with Crippen molar-refractivity contribution in [3.05, 3.63) is 168 Å². The summed E-state index contributed by atoms with van der Waals surface area (Å²) < 4.78 is 0. The molecule has 48 heavy (non-hydrogen) atoms. The van der Waals surface area contributed by atoms with Crippen molar-refractivity contribution in [3.63, 3.8) is 0 Å². The lowest BCUT2D eigenvalue weighted by Crippen LogP contribution is -1.92. The van der Waals surface area contributed by atoms with E-state index in [4.69, 9.17) is 0 Å². The van der Waals surface area contributed by atoms with Crippen LogP contribution in [-0.4, -0.2) is 0 Å². The Kier molecular flexibility index (Phi) is 7.55. The molecule has 0 amide bonds. The minimum Gasteiger partial charge on any atom is -0.0616 e. The van der Waals surface area contributed by atoms with E-state index in [0.29, 0.717) is 11.8 Å². The van der Waals surface area contributed by atoms with Gasteiger partial charge in [-0.3, -0.25) is 0 Å². The van der Waals surface area contributed by atoms with Crippen molar-refractivity contribution in [1.82, 2.24) is 0 Å². The van der Waals surface area contributed by atoms with E-state index in [1.807, 2.05) is 0 Å². The first kappa shape index (κ1) is 29.7. The fourth-order valence-electron chi connectivity index (χ4n) is 7.21. The van der Waals surface area contributed by atoms with E-state index >= 15 is 0 Å². The van der Waals surface area contributed by atoms with Gasteiger partial charge in [0.05, 0.1) is 0 Å². The van der Waals surface area contributed by atoms with Crippen molar-refractivity contribution in [2.75, 3.05) is 0 Å². The number of hydrogen-bond acceptors (Lipinski definition) is 0. The second-order valence-electron chi connectivity index (χ2n) is 13.6. The molecule has 230 valence electrons. The van der Waals surface area contributed by atoms with E-state index in [-0.39, 0.29) is 0 Å². The third kappa shape index (κ3) is 5.23. The Morgan fingerprint density at radius 2 is 0.750 bits per heavy atom. The van der Waals surface area contributed by atoms with Gasteiger partial charge in [-0.05, 0) is 89.7 Å². The fourth-order valence-corrected chi connectivity index (χ4v) is 7.21. The SMILES string of the molecule is CC(C)c1ccc(-c2cccc3cc4ccccc4c(C#Cc4c5ccccc5cc5cccc(-c6ccc(C(C)C)cc6)c45)c23)cc1. The van der Waals surface area contributed by atoms with Gasteiger partial charge in [0.2, 0.25) is 0 Å². The summed E-state index contributed by atoms with van der Waals surface area (Å²) in [6.07, 6.45) is 0. The van der Waals surface area contributed by atoms with Crippen molar-refractivity contribution in [1.29, 1.82) is 0 Å². The molecule has 0 fully saturated rings. The molecule has 0 unspecified atom stereocenters. The Balaban J connectivity index is 1.43. The van der Waals surface area contributed by atoms with Gasteiger partial charge in [-0.2, -0.15) is 0 Å². The molecule has 0 N–H and O–H groups in total. The first-order valence-corrected chi connectivity index (χ1v) is 17.1. The zero-order valence-electron chi connectivity index (χ0n) is 28.0. The zero-order valence-corrected chi connectivity index (χ0v) is 28.0. The maximum absolute atomic E-state index is 3.82. The lowest BCUT2D eigenvalue weighted by atomic mass is 9.88. The van der Waals surface area contributed by atoms with Crippen LogP contribution >= 0.6 is 0 Å². The highest BCUT2D eigenvalue weighted by Crippen LogP contribution is 2.38. The number of hydrogen-bond donors (Lipinski definition) is 0. The number of rotatable bonds is 4. The van der Waals surface area contributed by atoms with Gasteiger partial charge in [0.25, 0.3) is 0 Å². The Labute approximate surface area is 283 Å². The summed E-state index contributed by atoms with van der Waals surface area (Å²) in [5.74, 6) is 8.63. The molecular formula is C48H38. The first-order valence-electron chi connectivity index (χ1n) is 17.1. The highest BCUT2D eigenvalue weighted by molar-refractivity contribution is 6.13. The number of benzene rings is 8. The predicted octanol–water partition coefficient (Wildman–Crippen LogP) is 13.3. The van der Waals surface area contributed by atoms with Crippen LogP contribution in [0.4, 0.5) is 0 Å². The maximum atomic E-state index is 3.82. The summed E-state index contributed by atoms with van der Waals surface area (Å²) in [4.78, 5) is 0. The van der Waals surface area contributed by atoms with Gasteiger partial charge in [0, 0.05) is 21.9 Å². The topological polar surface area (TPSA) is 0 Å². The lowest BCUT2D eigenvalue weighted by Gasteiger charge is -2.14. The molecule has 0 bridgehead atoms. The molecule has 0 saturated heterocycles. The van der Waals surface area contributed by atoms with E-state index in [0.717, 1.165) is 11.1 Å². The van der Waals surface area contributed by atoms with Crippen LogP contribution in [-0.2, 0) is 0 Å². The van der Waals surface area contributed by atoms with Gasteiger partial charge >= 0.3 is 0 Å².